The molecule has 2 atom stereocenters. The predicted molar refractivity (Wildman–Crippen MR) is 119 cm³/mol. The van der Waals surface area contributed by atoms with Crippen molar-refractivity contribution in [1.82, 2.24) is 0 Å². The standard InChI is InChI=1S/C28H22O2/c1-29-22-16-14-19(15-17-22)26-24-12-6-5-11-23(24)25-13-7-8-20-18-30-28(26,27(20)25)21-9-3-2-4-10-21/h2-17,26H,18H2,1H3/t26-,28-/m1/s1. The van der Waals surface area contributed by atoms with Crippen molar-refractivity contribution >= 4 is 0 Å². The third-order valence-corrected chi connectivity index (χ3v) is 6.60. The van der Waals surface area contributed by atoms with Gasteiger partial charge in [0.2, 0.25) is 0 Å². The summed E-state index contributed by atoms with van der Waals surface area (Å²) < 4.78 is 12.3. The first-order valence-corrected chi connectivity index (χ1v) is 10.4. The minimum Gasteiger partial charge on any atom is -0.497 e. The minimum atomic E-state index is -0.546. The average molecular weight is 390 g/mol. The summed E-state index contributed by atoms with van der Waals surface area (Å²) >= 11 is 0. The second kappa shape index (κ2) is 6.58. The fourth-order valence-electron chi connectivity index (χ4n) is 5.38. The van der Waals surface area contributed by atoms with Crippen LogP contribution < -0.4 is 4.74 Å². The highest BCUT2D eigenvalue weighted by Gasteiger charge is 2.53. The molecule has 0 radical (unpaired) electrons. The lowest BCUT2D eigenvalue weighted by Crippen LogP contribution is -2.38. The van der Waals surface area contributed by atoms with E-state index in [0.717, 1.165) is 5.75 Å². The Balaban J connectivity index is 1.71. The summed E-state index contributed by atoms with van der Waals surface area (Å²) in [6, 6.07) is 34.5. The molecule has 0 fully saturated rings. The summed E-state index contributed by atoms with van der Waals surface area (Å²) in [4.78, 5) is 0. The van der Waals surface area contributed by atoms with Crippen LogP contribution >= 0.6 is 0 Å². The average Bonchev–Trinajstić information content (AvgIpc) is 3.22. The first-order chi connectivity index (χ1) is 14.8. The van der Waals surface area contributed by atoms with E-state index >= 15 is 0 Å². The van der Waals surface area contributed by atoms with E-state index in [-0.39, 0.29) is 5.92 Å². The van der Waals surface area contributed by atoms with Gasteiger partial charge >= 0.3 is 0 Å². The van der Waals surface area contributed by atoms with Crippen LogP contribution in [0.1, 0.15) is 33.7 Å². The molecule has 4 aromatic rings. The van der Waals surface area contributed by atoms with E-state index in [1.807, 2.05) is 12.1 Å². The molecule has 2 nitrogen and oxygen atoms in total. The van der Waals surface area contributed by atoms with Crippen molar-refractivity contribution in [1.29, 1.82) is 0 Å². The van der Waals surface area contributed by atoms with Gasteiger partial charge < -0.3 is 9.47 Å². The van der Waals surface area contributed by atoms with E-state index in [2.05, 4.69) is 84.9 Å². The molecule has 0 saturated heterocycles. The molecule has 1 aliphatic heterocycles. The zero-order valence-electron chi connectivity index (χ0n) is 16.8. The third kappa shape index (κ3) is 2.28. The number of methoxy groups -OCH3 is 1. The summed E-state index contributed by atoms with van der Waals surface area (Å²) in [6.07, 6.45) is 0. The highest BCUT2D eigenvalue weighted by molar-refractivity contribution is 5.80. The molecule has 0 aromatic heterocycles. The van der Waals surface area contributed by atoms with Crippen LogP contribution in [0, 0.1) is 0 Å². The third-order valence-electron chi connectivity index (χ3n) is 6.60. The molecule has 0 amide bonds. The fraction of sp³-hybridized carbons (Fsp3) is 0.143. The van der Waals surface area contributed by atoms with Crippen LogP contribution in [0.25, 0.3) is 11.1 Å². The largest absolute Gasteiger partial charge is 0.497 e. The number of benzene rings is 4. The second-order valence-corrected chi connectivity index (χ2v) is 8.02. The molecule has 2 heteroatoms. The Morgan fingerprint density at radius 2 is 1.50 bits per heavy atom. The SMILES string of the molecule is COc1ccc([C@@H]2c3ccccc3-c3cccc4c3[C@]2(c2ccccc2)OC4)cc1. The van der Waals surface area contributed by atoms with Gasteiger partial charge in [-0.25, -0.2) is 0 Å². The van der Waals surface area contributed by atoms with Gasteiger partial charge in [0.25, 0.3) is 0 Å². The zero-order valence-corrected chi connectivity index (χ0v) is 16.8. The molecular weight excluding hydrogens is 368 g/mol. The molecule has 0 N–H and O–H groups in total. The van der Waals surface area contributed by atoms with Gasteiger partial charge in [0.05, 0.1) is 13.7 Å². The summed E-state index contributed by atoms with van der Waals surface area (Å²) in [7, 11) is 1.71. The molecule has 0 spiro atoms. The number of fused-ring (bicyclic) bond motifs is 2. The van der Waals surface area contributed by atoms with Crippen LogP contribution in [-0.4, -0.2) is 7.11 Å². The monoisotopic (exact) mass is 390 g/mol. The van der Waals surface area contributed by atoms with Crippen molar-refractivity contribution in [3.8, 4) is 16.9 Å². The summed E-state index contributed by atoms with van der Waals surface area (Å²) in [6.45, 7) is 0.624. The van der Waals surface area contributed by atoms with Crippen LogP contribution in [0.5, 0.6) is 5.75 Å². The van der Waals surface area contributed by atoms with Gasteiger partial charge in [-0.15, -0.1) is 0 Å². The van der Waals surface area contributed by atoms with Gasteiger partial charge in [-0.1, -0.05) is 84.9 Å². The Kier molecular flexibility index (Phi) is 3.84. The maximum absolute atomic E-state index is 6.83. The molecule has 0 unspecified atom stereocenters. The van der Waals surface area contributed by atoms with E-state index in [4.69, 9.17) is 9.47 Å². The van der Waals surface area contributed by atoms with Crippen molar-refractivity contribution in [3.05, 3.63) is 125 Å². The molecule has 1 aliphatic carbocycles. The first-order valence-electron chi connectivity index (χ1n) is 10.4. The van der Waals surface area contributed by atoms with E-state index in [1.54, 1.807) is 7.11 Å². The molecule has 2 aliphatic rings. The van der Waals surface area contributed by atoms with E-state index in [1.165, 1.54) is 38.9 Å². The Morgan fingerprint density at radius 1 is 0.767 bits per heavy atom. The van der Waals surface area contributed by atoms with Crippen LogP contribution in [0.2, 0.25) is 0 Å². The molecule has 4 aromatic carbocycles. The van der Waals surface area contributed by atoms with E-state index in [9.17, 15) is 0 Å². The number of hydrogen-bond donors (Lipinski definition) is 0. The molecule has 146 valence electrons. The predicted octanol–water partition coefficient (Wildman–Crippen LogP) is 6.28. The van der Waals surface area contributed by atoms with Crippen molar-refractivity contribution in [3.63, 3.8) is 0 Å². The van der Waals surface area contributed by atoms with Crippen molar-refractivity contribution in [2.24, 2.45) is 0 Å². The van der Waals surface area contributed by atoms with Gasteiger partial charge in [0.1, 0.15) is 11.4 Å². The van der Waals surface area contributed by atoms with Gasteiger partial charge in [0.15, 0.2) is 0 Å². The normalized spacial score (nSPS) is 21.0. The van der Waals surface area contributed by atoms with Crippen LogP contribution in [0.15, 0.2) is 97.1 Å². The topological polar surface area (TPSA) is 18.5 Å². The summed E-state index contributed by atoms with van der Waals surface area (Å²) in [5.74, 6) is 0.920. The lowest BCUT2D eigenvalue weighted by atomic mass is 9.63. The van der Waals surface area contributed by atoms with Crippen LogP contribution in [0.3, 0.4) is 0 Å². The Bertz CT molecular complexity index is 1230. The first kappa shape index (κ1) is 17.5. The van der Waals surface area contributed by atoms with Gasteiger partial charge in [-0.3, -0.25) is 0 Å². The minimum absolute atomic E-state index is 0.0538. The van der Waals surface area contributed by atoms with Crippen molar-refractivity contribution in [2.45, 2.75) is 18.1 Å². The Hall–Kier alpha value is -3.36. The van der Waals surface area contributed by atoms with Gasteiger partial charge in [-0.2, -0.15) is 0 Å². The highest BCUT2D eigenvalue weighted by atomic mass is 16.5. The second-order valence-electron chi connectivity index (χ2n) is 8.02. The van der Waals surface area contributed by atoms with E-state index in [0.29, 0.717) is 6.61 Å². The maximum atomic E-state index is 6.83. The number of rotatable bonds is 3. The molecule has 0 saturated carbocycles. The van der Waals surface area contributed by atoms with Crippen LogP contribution in [-0.2, 0) is 16.9 Å². The smallest absolute Gasteiger partial charge is 0.130 e. The van der Waals surface area contributed by atoms with Crippen molar-refractivity contribution < 1.29 is 9.47 Å². The molecule has 0 bridgehead atoms. The highest BCUT2D eigenvalue weighted by Crippen LogP contribution is 2.60. The number of hydrogen-bond acceptors (Lipinski definition) is 2. The Morgan fingerprint density at radius 3 is 2.30 bits per heavy atom. The number of ether oxygens (including phenoxy) is 2. The van der Waals surface area contributed by atoms with Gasteiger partial charge in [0, 0.05) is 11.5 Å². The lowest BCUT2D eigenvalue weighted by Gasteiger charge is -2.44. The molecule has 6 rings (SSSR count). The van der Waals surface area contributed by atoms with Gasteiger partial charge in [-0.05, 0) is 45.5 Å². The zero-order chi connectivity index (χ0) is 20.1. The fourth-order valence-corrected chi connectivity index (χ4v) is 5.38. The van der Waals surface area contributed by atoms with E-state index < -0.39 is 5.60 Å². The quantitative estimate of drug-likeness (QED) is 0.410. The summed E-state index contributed by atoms with van der Waals surface area (Å²) in [5.41, 5.74) is 8.37. The Labute approximate surface area is 176 Å². The van der Waals surface area contributed by atoms with Crippen LogP contribution in [0.4, 0.5) is 0 Å². The maximum Gasteiger partial charge on any atom is 0.130 e. The lowest BCUT2D eigenvalue weighted by molar-refractivity contribution is -0.0184. The molecule has 30 heavy (non-hydrogen) atoms. The molecular formula is C28H22O2. The summed E-state index contributed by atoms with van der Waals surface area (Å²) in [5, 5.41) is 0. The van der Waals surface area contributed by atoms with Crippen molar-refractivity contribution in [2.75, 3.05) is 7.11 Å². The molecule has 1 heterocycles.